The molecule has 0 aliphatic heterocycles. The van der Waals surface area contributed by atoms with Crippen LogP contribution in [0.4, 0.5) is 12.7 Å². The number of carbonyl (C=O) groups is 3. The Bertz CT molecular complexity index is 3160. The molecule has 0 unspecified atom stereocenters. The standard InChI is InChI=1S/C11H14O3.C11H16O2.C10H11IO3.C9H12O2.C8H9BrO2.C8H9IO2.C5H13N.C3H3F3O4S.CH2Cl2.CH4/c1-7-5-9(13-3)6-10(14-4)11(7)8(2)12;1-5-10-8(2)6-9(12-3)7-11(10)13-4;1-6(12)10-8(11)4-7(13-2)5-9(10)14-3;1-3-8-6(2)4-7(10)5-9(8)11;2*1-10-7-3-6(9)4-8(5-7)11-2;1-3-4-5-6-2;1-10-2(7)3(4,5)11(6,8)9;2-1-3;/h5-6H,1-4H3;6-7H,5H2,1-4H3;4-5H,1-3H3;4-5,10-11H,3H2,1-2H3;2*3-5H,1-2H3;6H,3-5H2,1-2H3;1H3;1H2;1H4. The van der Waals surface area contributed by atoms with E-state index in [1.807, 2.05) is 82.4 Å². The molecule has 0 aliphatic carbocycles. The van der Waals surface area contributed by atoms with Crippen LogP contribution in [0.2, 0.25) is 0 Å². The van der Waals surface area contributed by atoms with Crippen LogP contribution in [-0.4, -0.2) is 139 Å². The summed E-state index contributed by atoms with van der Waals surface area (Å²) in [5.74, 6) is 5.37. The van der Waals surface area contributed by atoms with E-state index in [1.165, 1.54) is 51.0 Å². The average Bonchev–Trinajstić information content (AvgIpc) is 0.879. The summed E-state index contributed by atoms with van der Waals surface area (Å²) < 4.78 is 112. The molecule has 6 aromatic carbocycles. The van der Waals surface area contributed by atoms with Gasteiger partial charge >= 0.3 is 21.4 Å². The van der Waals surface area contributed by atoms with Gasteiger partial charge in [-0.3, -0.25) is 9.59 Å². The molecule has 0 atom stereocenters. The number of halogens is 8. The Labute approximate surface area is 605 Å². The predicted octanol–water partition coefficient (Wildman–Crippen LogP) is 17.2. The number of alkyl halides is 4. The number of Topliss-reactive ketones (excluding diaryl/α,β-unsaturated/α-hetero) is 2. The predicted molar refractivity (Wildman–Crippen MR) is 393 cm³/mol. The number of hydrogen-bond donors (Lipinski definition) is 3. The Morgan fingerprint density at radius 2 is 0.905 bits per heavy atom. The Morgan fingerprint density at radius 3 is 1.22 bits per heavy atom. The van der Waals surface area contributed by atoms with Crippen molar-refractivity contribution in [2.45, 2.75) is 93.8 Å². The monoisotopic (exact) mass is 1690 g/mol. The first-order valence-corrected chi connectivity index (χ1v) is 33.4. The maximum atomic E-state index is 11.9. The summed E-state index contributed by atoms with van der Waals surface area (Å²) in [6, 6.07) is 25.3. The highest BCUT2D eigenvalue weighted by Crippen LogP contribution is 2.33. The quantitative estimate of drug-likeness (QED) is 0.0171. The SMILES string of the molecule is C.CCCCNC.CCc1c(C)cc(O)cc1O.CCc1c(C)cc(OC)cc1OC.COC(=O)C(F)(F)S(=O)(=O)F.COc1cc(Br)cc(OC)c1.COc1cc(C)c(C(C)=O)c(OC)c1.COc1cc(I)c(C(C)=O)c(OC)c1.COc1cc(I)cc(OC)c1.ClCCl. The maximum absolute atomic E-state index is 11.9. The number of hydrogen-bond acceptors (Lipinski definition) is 19. The average molecular weight is 1690 g/mol. The molecular formula is C67H93BrCl2F3I2NO18S. The van der Waals surface area contributed by atoms with Crippen molar-refractivity contribution < 1.29 is 97.8 Å². The number of ether oxygens (including phenoxy) is 11. The van der Waals surface area contributed by atoms with Gasteiger partial charge in [0.05, 0.1) is 94.7 Å². The number of ketones is 2. The number of rotatable bonds is 19. The van der Waals surface area contributed by atoms with Gasteiger partial charge in [-0.1, -0.05) is 54.4 Å². The van der Waals surface area contributed by atoms with Gasteiger partial charge in [0.2, 0.25) is 0 Å². The molecule has 0 spiro atoms. The van der Waals surface area contributed by atoms with Gasteiger partial charge in [-0.2, -0.15) is 17.2 Å². The zero-order chi connectivity index (χ0) is 73.1. The second-order valence-corrected chi connectivity index (χ2v) is 24.0. The van der Waals surface area contributed by atoms with Crippen molar-refractivity contribution in [1.29, 1.82) is 0 Å². The number of carbonyl (C=O) groups excluding carboxylic acids is 3. The molecule has 6 aromatic rings. The molecule has 0 heterocycles. The number of aryl methyl sites for hydroxylation is 3. The molecule has 19 nitrogen and oxygen atoms in total. The number of unbranched alkanes of at least 4 members (excludes halogenated alkanes) is 1. The van der Waals surface area contributed by atoms with Crippen LogP contribution < -0.4 is 52.7 Å². The maximum Gasteiger partial charge on any atom is 0.470 e. The number of methoxy groups -OCH3 is 11. The third kappa shape index (κ3) is 36.2. The molecule has 95 heavy (non-hydrogen) atoms. The van der Waals surface area contributed by atoms with Crippen LogP contribution in [0.25, 0.3) is 0 Å². The number of esters is 1. The van der Waals surface area contributed by atoms with Crippen LogP contribution in [0, 0.1) is 27.9 Å². The van der Waals surface area contributed by atoms with Crippen molar-refractivity contribution in [1.82, 2.24) is 5.32 Å². The van der Waals surface area contributed by atoms with Gasteiger partial charge in [-0.15, -0.1) is 23.2 Å². The molecule has 0 fully saturated rings. The zero-order valence-corrected chi connectivity index (χ0v) is 64.9. The van der Waals surface area contributed by atoms with E-state index in [4.69, 9.17) is 75.7 Å². The number of nitrogens with one attached hydrogen (secondary N) is 1. The highest BCUT2D eigenvalue weighted by molar-refractivity contribution is 14.1. The fraction of sp³-hybridized carbons (Fsp3) is 0.418. The highest BCUT2D eigenvalue weighted by atomic mass is 127. The summed E-state index contributed by atoms with van der Waals surface area (Å²) in [5.41, 5.74) is 6.41. The topological polar surface area (TPSA) is 239 Å². The summed E-state index contributed by atoms with van der Waals surface area (Å²) in [6.07, 6.45) is 4.37. The molecule has 0 radical (unpaired) electrons. The van der Waals surface area contributed by atoms with Crippen LogP contribution in [0.15, 0.2) is 89.4 Å². The minimum atomic E-state index is -6.22. The zero-order valence-electron chi connectivity index (χ0n) is 56.7. The molecule has 28 heteroatoms. The van der Waals surface area contributed by atoms with E-state index in [1.54, 1.807) is 88.3 Å². The Hall–Kier alpha value is -6.05. The normalized spacial score (nSPS) is 9.77. The van der Waals surface area contributed by atoms with Gasteiger partial charge in [0.15, 0.2) is 11.6 Å². The van der Waals surface area contributed by atoms with Crippen molar-refractivity contribution in [3.63, 3.8) is 0 Å². The van der Waals surface area contributed by atoms with Crippen molar-refractivity contribution in [2.75, 3.05) is 97.1 Å². The van der Waals surface area contributed by atoms with Crippen molar-refractivity contribution in [3.05, 3.63) is 135 Å². The third-order valence-corrected chi connectivity index (χ3v) is 14.8. The first-order valence-electron chi connectivity index (χ1n) is 28.0. The van der Waals surface area contributed by atoms with Crippen LogP contribution in [0.5, 0.6) is 69.0 Å². The Balaban J connectivity index is -0.000000498. The van der Waals surface area contributed by atoms with Gasteiger partial charge in [0, 0.05) is 48.0 Å². The van der Waals surface area contributed by atoms with E-state index in [-0.39, 0.29) is 35.8 Å². The lowest BCUT2D eigenvalue weighted by atomic mass is 10.0. The van der Waals surface area contributed by atoms with Crippen LogP contribution in [0.3, 0.4) is 0 Å². The molecule has 0 saturated heterocycles. The van der Waals surface area contributed by atoms with E-state index >= 15 is 0 Å². The summed E-state index contributed by atoms with van der Waals surface area (Å²) in [5, 5.41) is 16.5. The van der Waals surface area contributed by atoms with Crippen molar-refractivity contribution in [2.24, 2.45) is 0 Å². The van der Waals surface area contributed by atoms with Gasteiger partial charge in [0.1, 0.15) is 69.0 Å². The van der Waals surface area contributed by atoms with Gasteiger partial charge in [-0.05, 0) is 189 Å². The smallest absolute Gasteiger partial charge is 0.470 e. The summed E-state index contributed by atoms with van der Waals surface area (Å²) in [6.45, 7) is 16.3. The number of phenolic OH excluding ortho intramolecular Hbond substituents is 2. The van der Waals surface area contributed by atoms with E-state index in [0.29, 0.717) is 41.2 Å². The number of benzene rings is 6. The highest BCUT2D eigenvalue weighted by Gasteiger charge is 2.55. The molecule has 3 N–H and O–H groups in total. The van der Waals surface area contributed by atoms with Crippen molar-refractivity contribution in [3.8, 4) is 69.0 Å². The lowest BCUT2D eigenvalue weighted by Crippen LogP contribution is -2.36. The molecule has 0 bridgehead atoms. The van der Waals surface area contributed by atoms with Crippen molar-refractivity contribution >= 4 is 112 Å². The molecule has 536 valence electrons. The van der Waals surface area contributed by atoms with Gasteiger partial charge < -0.3 is 67.6 Å². The number of aromatic hydroxyl groups is 2. The summed E-state index contributed by atoms with van der Waals surface area (Å²) >= 11 is 17.2. The van der Waals surface area contributed by atoms with Crippen LogP contribution in [0.1, 0.15) is 103 Å². The minimum absolute atomic E-state index is 0. The fourth-order valence-electron chi connectivity index (χ4n) is 7.49. The first kappa shape index (κ1) is 95.3. The van der Waals surface area contributed by atoms with Crippen LogP contribution >= 0.6 is 84.3 Å². The van der Waals surface area contributed by atoms with Gasteiger partial charge in [0.25, 0.3) is 0 Å². The third-order valence-electron chi connectivity index (χ3n) is 12.1. The van der Waals surface area contributed by atoms with Gasteiger partial charge in [-0.25, -0.2) is 4.79 Å². The van der Waals surface area contributed by atoms with E-state index in [9.17, 15) is 40.6 Å². The van der Waals surface area contributed by atoms with Crippen LogP contribution in [-0.2, 0) is 32.6 Å². The van der Waals surface area contributed by atoms with E-state index < -0.39 is 21.4 Å². The lowest BCUT2D eigenvalue weighted by Gasteiger charge is -2.11. The second-order valence-electron chi connectivity index (χ2n) is 18.5. The summed E-state index contributed by atoms with van der Waals surface area (Å²) in [7, 11) is 12.4. The Kier molecular flexibility index (Phi) is 52.3. The van der Waals surface area contributed by atoms with E-state index in [0.717, 1.165) is 82.2 Å². The van der Waals surface area contributed by atoms with E-state index in [2.05, 4.69) is 91.9 Å². The number of phenols is 2. The lowest BCUT2D eigenvalue weighted by molar-refractivity contribution is -0.157. The molecule has 0 aliphatic rings. The molecule has 0 aromatic heterocycles. The molecular weight excluding hydrogens is 1600 g/mol. The molecule has 0 amide bonds. The fourth-order valence-corrected chi connectivity index (χ4v) is 9.79. The largest absolute Gasteiger partial charge is 0.508 e. The minimum Gasteiger partial charge on any atom is -0.508 e. The molecule has 0 saturated carbocycles. The molecule has 6 rings (SSSR count). The second kappa shape index (κ2) is 52.1. The first-order chi connectivity index (χ1) is 44.1. The Morgan fingerprint density at radius 1 is 0.547 bits per heavy atom. The summed E-state index contributed by atoms with van der Waals surface area (Å²) in [4.78, 5) is 32.5.